The molecule has 4 heteroatoms. The SMILES string of the molecule is Brc1cc(C2CCCN2)ccc1-n1cccn1. The molecule has 0 bridgehead atoms. The molecule has 1 aromatic carbocycles. The highest BCUT2D eigenvalue weighted by Crippen LogP contribution is 2.28. The topological polar surface area (TPSA) is 29.9 Å². The Bertz CT molecular complexity index is 501. The summed E-state index contributed by atoms with van der Waals surface area (Å²) in [6.45, 7) is 1.13. The van der Waals surface area contributed by atoms with E-state index in [-0.39, 0.29) is 0 Å². The zero-order valence-electron chi connectivity index (χ0n) is 9.44. The Balaban J connectivity index is 1.94. The summed E-state index contributed by atoms with van der Waals surface area (Å²) in [7, 11) is 0. The van der Waals surface area contributed by atoms with Gasteiger partial charge in [0.05, 0.1) is 5.69 Å². The van der Waals surface area contributed by atoms with Crippen LogP contribution in [0.5, 0.6) is 0 Å². The number of rotatable bonds is 2. The van der Waals surface area contributed by atoms with Crippen molar-refractivity contribution in [3.8, 4) is 5.69 Å². The van der Waals surface area contributed by atoms with E-state index >= 15 is 0 Å². The Kier molecular flexibility index (Phi) is 2.99. The number of nitrogens with one attached hydrogen (secondary N) is 1. The number of nitrogens with zero attached hydrogens (tertiary/aromatic N) is 2. The van der Waals surface area contributed by atoms with Gasteiger partial charge in [-0.15, -0.1) is 0 Å². The predicted octanol–water partition coefficient (Wildman–Crippen LogP) is 3.06. The second-order valence-corrected chi connectivity index (χ2v) is 5.16. The molecule has 0 spiro atoms. The molecule has 2 heterocycles. The molecule has 1 aliphatic rings. The largest absolute Gasteiger partial charge is 0.310 e. The summed E-state index contributed by atoms with van der Waals surface area (Å²) >= 11 is 3.63. The van der Waals surface area contributed by atoms with Crippen LogP contribution in [0.1, 0.15) is 24.4 Å². The van der Waals surface area contributed by atoms with Gasteiger partial charge in [0, 0.05) is 22.9 Å². The van der Waals surface area contributed by atoms with Crippen LogP contribution in [0.15, 0.2) is 41.1 Å². The maximum absolute atomic E-state index is 4.25. The van der Waals surface area contributed by atoms with Gasteiger partial charge in [-0.05, 0) is 59.1 Å². The summed E-state index contributed by atoms with van der Waals surface area (Å²) in [6.07, 6.45) is 6.24. The van der Waals surface area contributed by atoms with Crippen molar-refractivity contribution >= 4 is 15.9 Å². The lowest BCUT2D eigenvalue weighted by Crippen LogP contribution is -2.13. The van der Waals surface area contributed by atoms with E-state index in [1.54, 1.807) is 6.20 Å². The quantitative estimate of drug-likeness (QED) is 0.922. The summed E-state index contributed by atoms with van der Waals surface area (Å²) in [5.41, 5.74) is 2.43. The van der Waals surface area contributed by atoms with Gasteiger partial charge in [0.2, 0.25) is 0 Å². The first-order valence-electron chi connectivity index (χ1n) is 5.87. The normalized spacial score (nSPS) is 19.7. The van der Waals surface area contributed by atoms with Crippen LogP contribution in [0.25, 0.3) is 5.69 Å². The van der Waals surface area contributed by atoms with Gasteiger partial charge in [-0.3, -0.25) is 0 Å². The minimum absolute atomic E-state index is 0.512. The second kappa shape index (κ2) is 4.63. The molecule has 88 valence electrons. The molecule has 0 saturated carbocycles. The van der Waals surface area contributed by atoms with Gasteiger partial charge in [0.1, 0.15) is 0 Å². The summed E-state index contributed by atoms with van der Waals surface area (Å²) in [6, 6.07) is 8.94. The molecule has 0 aliphatic carbocycles. The lowest BCUT2D eigenvalue weighted by atomic mass is 10.1. The molecule has 2 aromatic rings. The van der Waals surface area contributed by atoms with Gasteiger partial charge in [-0.25, -0.2) is 4.68 Å². The first-order chi connectivity index (χ1) is 8.34. The van der Waals surface area contributed by atoms with E-state index in [1.807, 2.05) is 16.9 Å². The Morgan fingerprint density at radius 2 is 2.35 bits per heavy atom. The van der Waals surface area contributed by atoms with Gasteiger partial charge < -0.3 is 5.32 Å². The Labute approximate surface area is 109 Å². The first kappa shape index (κ1) is 11.0. The molecular formula is C13H14BrN3. The van der Waals surface area contributed by atoms with E-state index in [0.29, 0.717) is 6.04 Å². The van der Waals surface area contributed by atoms with Crippen LogP contribution >= 0.6 is 15.9 Å². The molecular weight excluding hydrogens is 278 g/mol. The third-order valence-corrected chi connectivity index (χ3v) is 3.82. The van der Waals surface area contributed by atoms with Crippen LogP contribution < -0.4 is 5.32 Å². The van der Waals surface area contributed by atoms with Crippen molar-refractivity contribution in [3.05, 3.63) is 46.7 Å². The highest BCUT2D eigenvalue weighted by atomic mass is 79.9. The monoisotopic (exact) mass is 291 g/mol. The molecule has 1 aliphatic heterocycles. The van der Waals surface area contributed by atoms with Crippen LogP contribution in [-0.4, -0.2) is 16.3 Å². The van der Waals surface area contributed by atoms with Crippen LogP contribution in [0.2, 0.25) is 0 Å². The highest BCUT2D eigenvalue weighted by Gasteiger charge is 2.17. The minimum Gasteiger partial charge on any atom is -0.310 e. The van der Waals surface area contributed by atoms with Gasteiger partial charge in [-0.2, -0.15) is 5.10 Å². The van der Waals surface area contributed by atoms with Crippen LogP contribution in [0.3, 0.4) is 0 Å². The highest BCUT2D eigenvalue weighted by molar-refractivity contribution is 9.10. The van der Waals surface area contributed by atoms with Gasteiger partial charge in [0.25, 0.3) is 0 Å². The Morgan fingerprint density at radius 3 is 3.00 bits per heavy atom. The van der Waals surface area contributed by atoms with E-state index in [4.69, 9.17) is 0 Å². The minimum atomic E-state index is 0.512. The van der Waals surface area contributed by atoms with Gasteiger partial charge >= 0.3 is 0 Å². The van der Waals surface area contributed by atoms with Crippen molar-refractivity contribution in [3.63, 3.8) is 0 Å². The van der Waals surface area contributed by atoms with Gasteiger partial charge in [-0.1, -0.05) is 6.07 Å². The molecule has 0 amide bonds. The zero-order valence-corrected chi connectivity index (χ0v) is 11.0. The molecule has 3 rings (SSSR count). The number of benzene rings is 1. The Hall–Kier alpha value is -1.13. The van der Waals surface area contributed by atoms with E-state index < -0.39 is 0 Å². The van der Waals surface area contributed by atoms with Crippen molar-refractivity contribution < 1.29 is 0 Å². The fourth-order valence-corrected chi connectivity index (χ4v) is 2.88. The maximum atomic E-state index is 4.25. The summed E-state index contributed by atoms with van der Waals surface area (Å²) in [4.78, 5) is 0. The van der Waals surface area contributed by atoms with Crippen LogP contribution in [0, 0.1) is 0 Å². The van der Waals surface area contributed by atoms with E-state index in [1.165, 1.54) is 18.4 Å². The third kappa shape index (κ3) is 2.15. The second-order valence-electron chi connectivity index (χ2n) is 4.31. The van der Waals surface area contributed by atoms with Crippen molar-refractivity contribution in [1.82, 2.24) is 15.1 Å². The zero-order chi connectivity index (χ0) is 11.7. The average Bonchev–Trinajstić information content (AvgIpc) is 3.02. The molecule has 1 unspecified atom stereocenters. The lowest BCUT2D eigenvalue weighted by molar-refractivity contribution is 0.647. The molecule has 3 nitrogen and oxygen atoms in total. The van der Waals surface area contributed by atoms with E-state index in [9.17, 15) is 0 Å². The summed E-state index contributed by atoms with van der Waals surface area (Å²) < 4.78 is 2.96. The molecule has 0 radical (unpaired) electrons. The smallest absolute Gasteiger partial charge is 0.0787 e. The summed E-state index contributed by atoms with van der Waals surface area (Å²) in [5.74, 6) is 0. The summed E-state index contributed by atoms with van der Waals surface area (Å²) in [5, 5.41) is 7.76. The Morgan fingerprint density at radius 1 is 1.41 bits per heavy atom. The van der Waals surface area contributed by atoms with Crippen LogP contribution in [-0.2, 0) is 0 Å². The molecule has 1 aromatic heterocycles. The first-order valence-corrected chi connectivity index (χ1v) is 6.67. The van der Waals surface area contributed by atoms with Gasteiger partial charge in [0.15, 0.2) is 0 Å². The van der Waals surface area contributed by atoms with Crippen molar-refractivity contribution in [2.45, 2.75) is 18.9 Å². The van der Waals surface area contributed by atoms with Crippen LogP contribution in [0.4, 0.5) is 0 Å². The number of hydrogen-bond acceptors (Lipinski definition) is 2. The fourth-order valence-electron chi connectivity index (χ4n) is 2.31. The average molecular weight is 292 g/mol. The molecule has 17 heavy (non-hydrogen) atoms. The van der Waals surface area contributed by atoms with Crippen molar-refractivity contribution in [2.75, 3.05) is 6.54 Å². The molecule has 1 saturated heterocycles. The fraction of sp³-hybridized carbons (Fsp3) is 0.308. The van der Waals surface area contributed by atoms with E-state index in [2.05, 4.69) is 44.5 Å². The predicted molar refractivity (Wildman–Crippen MR) is 71.2 cm³/mol. The maximum Gasteiger partial charge on any atom is 0.0787 e. The molecule has 1 atom stereocenters. The molecule has 1 N–H and O–H groups in total. The van der Waals surface area contributed by atoms with E-state index in [0.717, 1.165) is 16.7 Å². The lowest BCUT2D eigenvalue weighted by Gasteiger charge is -2.13. The third-order valence-electron chi connectivity index (χ3n) is 3.19. The number of halogens is 1. The number of hydrogen-bond donors (Lipinski definition) is 1. The standard InChI is InChI=1S/C13H14BrN3/c14-11-9-10(12-3-1-6-15-12)4-5-13(11)17-8-2-7-16-17/h2,4-5,7-9,12,15H,1,3,6H2. The molecule has 1 fully saturated rings. The van der Waals surface area contributed by atoms with Crippen molar-refractivity contribution in [1.29, 1.82) is 0 Å². The van der Waals surface area contributed by atoms with Crippen molar-refractivity contribution in [2.24, 2.45) is 0 Å². The number of aromatic nitrogens is 2.